The largest absolute Gasteiger partial charge is 0.419 e. The number of nitrogens with zero attached hydrogens (tertiary/aromatic N) is 2. The van der Waals surface area contributed by atoms with Crippen LogP contribution in [-0.2, 0) is 16.1 Å². The van der Waals surface area contributed by atoms with Gasteiger partial charge < -0.3 is 14.6 Å². The Bertz CT molecular complexity index is 1070. The van der Waals surface area contributed by atoms with E-state index >= 15 is 0 Å². The van der Waals surface area contributed by atoms with Crippen LogP contribution in [-0.4, -0.2) is 34.4 Å². The molecule has 0 aliphatic carbocycles. The summed E-state index contributed by atoms with van der Waals surface area (Å²) in [5, 5.41) is 2.85. The summed E-state index contributed by atoms with van der Waals surface area (Å²) >= 11 is 0. The lowest BCUT2D eigenvalue weighted by atomic mass is 10.2. The van der Waals surface area contributed by atoms with Crippen LogP contribution < -0.4 is 11.1 Å². The third-order valence-electron chi connectivity index (χ3n) is 4.72. The monoisotopic (exact) mass is 395 g/mol. The summed E-state index contributed by atoms with van der Waals surface area (Å²) in [6, 6.07) is 14.6. The van der Waals surface area contributed by atoms with Gasteiger partial charge in [0.15, 0.2) is 5.58 Å². The summed E-state index contributed by atoms with van der Waals surface area (Å²) in [6.45, 7) is 4.52. The fraction of sp³-hybridized carbons (Fsp3) is 0.318. The van der Waals surface area contributed by atoms with Crippen LogP contribution in [0.15, 0.2) is 57.7 Å². The Morgan fingerprint density at radius 3 is 2.59 bits per heavy atom. The Kier molecular flexibility index (Phi) is 6.49. The molecule has 0 saturated heterocycles. The minimum atomic E-state index is -0.488. The molecule has 152 valence electrons. The summed E-state index contributed by atoms with van der Waals surface area (Å²) in [5.74, 6) is -0.908. The van der Waals surface area contributed by atoms with Crippen molar-refractivity contribution >= 4 is 28.6 Å². The first-order valence-electron chi connectivity index (χ1n) is 9.71. The molecular weight excluding hydrogens is 370 g/mol. The minimum absolute atomic E-state index is 0.0258. The number of rotatable bonds is 8. The number of nitrogens with one attached hydrogen (secondary N) is 1. The smallest absolute Gasteiger partial charge is 0.408 e. The molecule has 1 N–H and O–H groups in total. The van der Waals surface area contributed by atoms with E-state index in [4.69, 9.17) is 4.42 Å². The SMILES string of the molecule is CCCN(CC(=O)Nc1ccccc1C)C(=O)CCn1c(=O)oc2ccccc21. The highest BCUT2D eigenvalue weighted by atomic mass is 16.4. The third kappa shape index (κ3) is 4.93. The maximum atomic E-state index is 12.7. The van der Waals surface area contributed by atoms with Gasteiger partial charge in [-0.15, -0.1) is 0 Å². The standard InChI is InChI=1S/C22H25N3O4/c1-3-13-24(15-20(26)23-17-9-5-4-8-16(17)2)21(27)12-14-25-18-10-6-7-11-19(18)29-22(25)28/h4-11H,3,12-15H2,1-2H3,(H,23,26). The van der Waals surface area contributed by atoms with Gasteiger partial charge in [0.05, 0.1) is 12.1 Å². The predicted octanol–water partition coefficient (Wildman–Crippen LogP) is 3.17. The summed E-state index contributed by atoms with van der Waals surface area (Å²) in [4.78, 5) is 38.8. The van der Waals surface area contributed by atoms with Crippen LogP contribution in [0.5, 0.6) is 0 Å². The Hall–Kier alpha value is -3.35. The van der Waals surface area contributed by atoms with Crippen molar-refractivity contribution in [3.8, 4) is 0 Å². The fourth-order valence-corrected chi connectivity index (χ4v) is 3.23. The number of carbonyl (C=O) groups is 2. The zero-order chi connectivity index (χ0) is 20.8. The number of carbonyl (C=O) groups excluding carboxylic acids is 2. The molecule has 0 aliphatic heterocycles. The van der Waals surface area contributed by atoms with Crippen LogP contribution in [0.25, 0.3) is 11.1 Å². The first-order valence-corrected chi connectivity index (χ1v) is 9.71. The minimum Gasteiger partial charge on any atom is -0.408 e. The number of hydrogen-bond acceptors (Lipinski definition) is 4. The number of aryl methyl sites for hydroxylation is 2. The van der Waals surface area contributed by atoms with Crippen molar-refractivity contribution in [3.63, 3.8) is 0 Å². The van der Waals surface area contributed by atoms with Crippen LogP contribution in [0.3, 0.4) is 0 Å². The van der Waals surface area contributed by atoms with E-state index in [2.05, 4.69) is 5.32 Å². The molecule has 0 saturated carbocycles. The van der Waals surface area contributed by atoms with E-state index in [1.54, 1.807) is 18.2 Å². The first-order chi connectivity index (χ1) is 14.0. The Balaban J connectivity index is 1.64. The van der Waals surface area contributed by atoms with Crippen molar-refractivity contribution in [2.75, 3.05) is 18.4 Å². The van der Waals surface area contributed by atoms with E-state index in [1.807, 2.05) is 44.2 Å². The van der Waals surface area contributed by atoms with Crippen LogP contribution in [0.2, 0.25) is 0 Å². The third-order valence-corrected chi connectivity index (χ3v) is 4.72. The number of para-hydroxylation sites is 3. The predicted molar refractivity (Wildman–Crippen MR) is 112 cm³/mol. The normalized spacial score (nSPS) is 10.8. The molecule has 3 aromatic rings. The number of amides is 2. The summed E-state index contributed by atoms with van der Waals surface area (Å²) in [5.41, 5.74) is 2.84. The van der Waals surface area contributed by atoms with E-state index in [9.17, 15) is 14.4 Å². The molecule has 2 amide bonds. The van der Waals surface area contributed by atoms with E-state index in [1.165, 1.54) is 9.47 Å². The number of benzene rings is 2. The molecule has 0 spiro atoms. The van der Waals surface area contributed by atoms with E-state index < -0.39 is 5.76 Å². The van der Waals surface area contributed by atoms with Gasteiger partial charge in [-0.3, -0.25) is 14.2 Å². The molecule has 0 atom stereocenters. The fourth-order valence-electron chi connectivity index (χ4n) is 3.23. The lowest BCUT2D eigenvalue weighted by molar-refractivity contribution is -0.134. The number of hydrogen-bond donors (Lipinski definition) is 1. The van der Waals surface area contributed by atoms with Gasteiger partial charge in [0.25, 0.3) is 0 Å². The van der Waals surface area contributed by atoms with Crippen LogP contribution >= 0.6 is 0 Å². The highest BCUT2D eigenvalue weighted by molar-refractivity contribution is 5.95. The van der Waals surface area contributed by atoms with Crippen molar-refractivity contribution in [2.45, 2.75) is 33.2 Å². The maximum absolute atomic E-state index is 12.7. The van der Waals surface area contributed by atoms with E-state index in [0.29, 0.717) is 17.6 Å². The molecule has 2 aromatic carbocycles. The Morgan fingerprint density at radius 2 is 1.83 bits per heavy atom. The van der Waals surface area contributed by atoms with E-state index in [0.717, 1.165) is 17.7 Å². The van der Waals surface area contributed by atoms with Crippen molar-refractivity contribution in [1.82, 2.24) is 9.47 Å². The second-order valence-corrected chi connectivity index (χ2v) is 6.92. The molecular formula is C22H25N3O4. The van der Waals surface area contributed by atoms with Crippen LogP contribution in [0, 0.1) is 6.92 Å². The maximum Gasteiger partial charge on any atom is 0.419 e. The molecule has 0 bridgehead atoms. The molecule has 0 radical (unpaired) electrons. The lowest BCUT2D eigenvalue weighted by Gasteiger charge is -2.22. The molecule has 1 heterocycles. The zero-order valence-electron chi connectivity index (χ0n) is 16.7. The molecule has 3 rings (SSSR count). The quantitative estimate of drug-likeness (QED) is 0.635. The molecule has 0 aliphatic rings. The van der Waals surface area contributed by atoms with Gasteiger partial charge in [-0.25, -0.2) is 4.79 Å². The second-order valence-electron chi connectivity index (χ2n) is 6.92. The first kappa shape index (κ1) is 20.4. The Morgan fingerprint density at radius 1 is 1.10 bits per heavy atom. The average Bonchev–Trinajstić information content (AvgIpc) is 3.02. The summed E-state index contributed by atoms with van der Waals surface area (Å²) in [6.07, 6.45) is 0.846. The highest BCUT2D eigenvalue weighted by Gasteiger charge is 2.18. The van der Waals surface area contributed by atoms with Crippen molar-refractivity contribution in [2.24, 2.45) is 0 Å². The number of oxazole rings is 1. The number of anilines is 1. The summed E-state index contributed by atoms with van der Waals surface area (Å²) < 4.78 is 6.65. The van der Waals surface area contributed by atoms with Gasteiger partial charge in [0.2, 0.25) is 11.8 Å². The van der Waals surface area contributed by atoms with Crippen molar-refractivity contribution < 1.29 is 14.0 Å². The van der Waals surface area contributed by atoms with Gasteiger partial charge in [-0.2, -0.15) is 0 Å². The van der Waals surface area contributed by atoms with Gasteiger partial charge in [0, 0.05) is 25.2 Å². The molecule has 29 heavy (non-hydrogen) atoms. The van der Waals surface area contributed by atoms with Crippen molar-refractivity contribution in [3.05, 3.63) is 64.6 Å². The summed E-state index contributed by atoms with van der Waals surface area (Å²) in [7, 11) is 0. The highest BCUT2D eigenvalue weighted by Crippen LogP contribution is 2.14. The van der Waals surface area contributed by atoms with Gasteiger partial charge in [-0.05, 0) is 37.1 Å². The van der Waals surface area contributed by atoms with Crippen molar-refractivity contribution in [1.29, 1.82) is 0 Å². The molecule has 1 aromatic heterocycles. The second kappa shape index (κ2) is 9.23. The van der Waals surface area contributed by atoms with Crippen LogP contribution in [0.4, 0.5) is 5.69 Å². The molecule has 0 fully saturated rings. The number of aromatic nitrogens is 1. The van der Waals surface area contributed by atoms with Gasteiger partial charge in [0.1, 0.15) is 0 Å². The zero-order valence-corrected chi connectivity index (χ0v) is 16.7. The lowest BCUT2D eigenvalue weighted by Crippen LogP contribution is -2.39. The molecule has 7 heteroatoms. The van der Waals surface area contributed by atoms with E-state index in [-0.39, 0.29) is 31.3 Å². The van der Waals surface area contributed by atoms with Gasteiger partial charge in [-0.1, -0.05) is 37.3 Å². The number of fused-ring (bicyclic) bond motifs is 1. The topological polar surface area (TPSA) is 84.5 Å². The average molecular weight is 395 g/mol. The van der Waals surface area contributed by atoms with Gasteiger partial charge >= 0.3 is 5.76 Å². The molecule has 0 unspecified atom stereocenters. The van der Waals surface area contributed by atoms with Crippen LogP contribution in [0.1, 0.15) is 25.3 Å². The Labute approximate surface area is 168 Å². The molecule has 7 nitrogen and oxygen atoms in total.